The second kappa shape index (κ2) is 7.81. The lowest BCUT2D eigenvalue weighted by Gasteiger charge is -2.08. The maximum absolute atomic E-state index is 11.7. The minimum atomic E-state index is 0.0459. The van der Waals surface area contributed by atoms with Crippen LogP contribution in [-0.4, -0.2) is 22.6 Å². The van der Waals surface area contributed by atoms with E-state index in [2.05, 4.69) is 24.1 Å². The molecule has 0 aliphatic rings. The van der Waals surface area contributed by atoms with Crippen LogP contribution in [-0.2, 0) is 6.54 Å². The molecule has 0 spiro atoms. The van der Waals surface area contributed by atoms with E-state index < -0.39 is 0 Å². The maximum Gasteiger partial charge on any atom is 0.266 e. The van der Waals surface area contributed by atoms with Crippen molar-refractivity contribution in [2.24, 2.45) is 5.92 Å². The topological polar surface area (TPSA) is 46.9 Å². The Labute approximate surface area is 116 Å². The van der Waals surface area contributed by atoms with E-state index in [1.165, 1.54) is 12.8 Å². The van der Waals surface area contributed by atoms with Crippen LogP contribution in [0.1, 0.15) is 26.7 Å². The van der Waals surface area contributed by atoms with E-state index >= 15 is 0 Å². The van der Waals surface area contributed by atoms with Crippen molar-refractivity contribution in [1.29, 1.82) is 0 Å². The Balaban J connectivity index is 2.23. The van der Waals surface area contributed by atoms with Crippen molar-refractivity contribution in [3.63, 3.8) is 0 Å². The third-order valence-electron chi connectivity index (χ3n) is 2.52. The largest absolute Gasteiger partial charge is 0.315 e. The van der Waals surface area contributed by atoms with Crippen LogP contribution in [0.5, 0.6) is 0 Å². The normalized spacial score (nSPS) is 11.1. The molecule has 0 radical (unpaired) electrons. The summed E-state index contributed by atoms with van der Waals surface area (Å²) in [5.41, 5.74) is 0.0459. The molecule has 1 aromatic heterocycles. The second-order valence-corrected chi connectivity index (χ2v) is 5.69. The van der Waals surface area contributed by atoms with Crippen LogP contribution in [0.15, 0.2) is 17.3 Å². The standard InChI is InChI=1S/C12H20IN3O/c1-10(2)4-3-5-14-6-7-16-9-15-8-11(13)12(16)17/h8-10,14H,3-7H2,1-2H3. The van der Waals surface area contributed by atoms with Gasteiger partial charge in [0.1, 0.15) is 0 Å². The van der Waals surface area contributed by atoms with E-state index in [1.807, 2.05) is 22.6 Å². The first kappa shape index (κ1) is 14.6. The molecule has 0 aliphatic carbocycles. The van der Waals surface area contributed by atoms with Crippen LogP contribution < -0.4 is 10.9 Å². The summed E-state index contributed by atoms with van der Waals surface area (Å²) in [5.74, 6) is 0.763. The van der Waals surface area contributed by atoms with Crippen LogP contribution in [0.3, 0.4) is 0 Å². The molecule has 0 aliphatic heterocycles. The number of aromatic nitrogens is 2. The molecule has 5 heteroatoms. The predicted octanol–water partition coefficient (Wildman–Crippen LogP) is 1.87. The molecule has 17 heavy (non-hydrogen) atoms. The van der Waals surface area contributed by atoms with Gasteiger partial charge in [-0.15, -0.1) is 0 Å². The van der Waals surface area contributed by atoms with E-state index in [-0.39, 0.29) is 5.56 Å². The minimum Gasteiger partial charge on any atom is -0.315 e. The van der Waals surface area contributed by atoms with Gasteiger partial charge in [-0.3, -0.25) is 9.36 Å². The summed E-state index contributed by atoms with van der Waals surface area (Å²) in [7, 11) is 0. The molecule has 0 unspecified atom stereocenters. The van der Waals surface area contributed by atoms with Crippen molar-refractivity contribution >= 4 is 22.6 Å². The fourth-order valence-corrected chi connectivity index (χ4v) is 2.01. The molecule has 1 aromatic rings. The summed E-state index contributed by atoms with van der Waals surface area (Å²) in [6.45, 7) is 6.99. The lowest BCUT2D eigenvalue weighted by Crippen LogP contribution is -2.28. The summed E-state index contributed by atoms with van der Waals surface area (Å²) in [5, 5.41) is 3.35. The molecule has 0 fully saturated rings. The molecule has 4 nitrogen and oxygen atoms in total. The third kappa shape index (κ3) is 5.63. The monoisotopic (exact) mass is 349 g/mol. The molecule has 1 heterocycles. The SMILES string of the molecule is CC(C)CCCNCCn1cncc(I)c1=O. The number of hydrogen-bond donors (Lipinski definition) is 1. The Kier molecular flexibility index (Phi) is 6.72. The van der Waals surface area contributed by atoms with E-state index in [4.69, 9.17) is 0 Å². The van der Waals surface area contributed by atoms with Crippen molar-refractivity contribution in [2.45, 2.75) is 33.2 Å². The molecule has 0 saturated heterocycles. The van der Waals surface area contributed by atoms with Gasteiger partial charge in [-0.05, 0) is 47.9 Å². The average molecular weight is 349 g/mol. The summed E-state index contributed by atoms with van der Waals surface area (Å²) in [6, 6.07) is 0. The van der Waals surface area contributed by atoms with Crippen molar-refractivity contribution in [1.82, 2.24) is 14.9 Å². The Bertz CT molecular complexity index is 390. The molecule has 96 valence electrons. The average Bonchev–Trinajstić information content (AvgIpc) is 2.28. The van der Waals surface area contributed by atoms with Crippen molar-refractivity contribution in [2.75, 3.05) is 13.1 Å². The van der Waals surface area contributed by atoms with Gasteiger partial charge in [0.05, 0.1) is 9.90 Å². The Morgan fingerprint density at radius 1 is 1.47 bits per heavy atom. The first-order valence-corrected chi connectivity index (χ1v) is 7.10. The van der Waals surface area contributed by atoms with E-state index in [0.29, 0.717) is 10.1 Å². The summed E-state index contributed by atoms with van der Waals surface area (Å²) < 4.78 is 2.32. The lowest BCUT2D eigenvalue weighted by atomic mass is 10.1. The second-order valence-electron chi connectivity index (χ2n) is 4.53. The number of nitrogens with zero attached hydrogens (tertiary/aromatic N) is 2. The Morgan fingerprint density at radius 2 is 2.24 bits per heavy atom. The highest BCUT2D eigenvalue weighted by molar-refractivity contribution is 14.1. The minimum absolute atomic E-state index is 0.0459. The van der Waals surface area contributed by atoms with Gasteiger partial charge in [0, 0.05) is 19.3 Å². The third-order valence-corrected chi connectivity index (χ3v) is 3.26. The highest BCUT2D eigenvalue weighted by Crippen LogP contribution is 2.01. The van der Waals surface area contributed by atoms with E-state index in [9.17, 15) is 4.79 Å². The van der Waals surface area contributed by atoms with Gasteiger partial charge in [-0.25, -0.2) is 4.98 Å². The molecular formula is C12H20IN3O. The zero-order valence-corrected chi connectivity index (χ0v) is 12.6. The van der Waals surface area contributed by atoms with Crippen molar-refractivity contribution in [3.8, 4) is 0 Å². The van der Waals surface area contributed by atoms with Gasteiger partial charge < -0.3 is 5.32 Å². The Morgan fingerprint density at radius 3 is 2.94 bits per heavy atom. The van der Waals surface area contributed by atoms with E-state index in [1.54, 1.807) is 17.1 Å². The van der Waals surface area contributed by atoms with Gasteiger partial charge >= 0.3 is 0 Å². The van der Waals surface area contributed by atoms with E-state index in [0.717, 1.165) is 19.0 Å². The highest BCUT2D eigenvalue weighted by atomic mass is 127. The first-order chi connectivity index (χ1) is 8.11. The van der Waals surface area contributed by atoms with Crippen molar-refractivity contribution < 1.29 is 0 Å². The Hall–Kier alpha value is -0.430. The van der Waals surface area contributed by atoms with Gasteiger partial charge in [-0.2, -0.15) is 0 Å². The highest BCUT2D eigenvalue weighted by Gasteiger charge is 2.00. The lowest BCUT2D eigenvalue weighted by molar-refractivity contribution is 0.511. The zero-order chi connectivity index (χ0) is 12.7. The summed E-state index contributed by atoms with van der Waals surface area (Å²) >= 11 is 2.02. The number of rotatable bonds is 7. The fourth-order valence-electron chi connectivity index (χ4n) is 1.54. The van der Waals surface area contributed by atoms with Crippen LogP contribution in [0.25, 0.3) is 0 Å². The first-order valence-electron chi connectivity index (χ1n) is 6.02. The van der Waals surface area contributed by atoms with Crippen molar-refractivity contribution in [3.05, 3.63) is 26.4 Å². The number of halogens is 1. The van der Waals surface area contributed by atoms with Gasteiger partial charge in [-0.1, -0.05) is 13.8 Å². The molecule has 1 N–H and O–H groups in total. The summed E-state index contributed by atoms with van der Waals surface area (Å²) in [4.78, 5) is 15.7. The zero-order valence-electron chi connectivity index (χ0n) is 10.4. The summed E-state index contributed by atoms with van der Waals surface area (Å²) in [6.07, 6.45) is 5.63. The molecule has 0 saturated carbocycles. The molecular weight excluding hydrogens is 329 g/mol. The van der Waals surface area contributed by atoms with Gasteiger partial charge in [0.15, 0.2) is 0 Å². The van der Waals surface area contributed by atoms with Gasteiger partial charge in [0.25, 0.3) is 5.56 Å². The van der Waals surface area contributed by atoms with Crippen LogP contribution in [0, 0.1) is 9.49 Å². The molecule has 0 aromatic carbocycles. The molecule has 0 bridgehead atoms. The number of hydrogen-bond acceptors (Lipinski definition) is 3. The molecule has 1 rings (SSSR count). The molecule has 0 atom stereocenters. The fraction of sp³-hybridized carbons (Fsp3) is 0.667. The maximum atomic E-state index is 11.7. The van der Waals surface area contributed by atoms with Crippen LogP contribution in [0.4, 0.5) is 0 Å². The quantitative estimate of drug-likeness (QED) is 0.604. The van der Waals surface area contributed by atoms with Crippen LogP contribution >= 0.6 is 22.6 Å². The number of nitrogens with one attached hydrogen (secondary N) is 1. The predicted molar refractivity (Wildman–Crippen MR) is 78.2 cm³/mol. The smallest absolute Gasteiger partial charge is 0.266 e. The molecule has 0 amide bonds. The van der Waals surface area contributed by atoms with Crippen LogP contribution in [0.2, 0.25) is 0 Å². The van der Waals surface area contributed by atoms with Gasteiger partial charge in [0.2, 0.25) is 0 Å².